The van der Waals surface area contributed by atoms with Gasteiger partial charge in [-0.25, -0.2) is 4.98 Å². The summed E-state index contributed by atoms with van der Waals surface area (Å²) in [5.74, 6) is 0. The highest BCUT2D eigenvalue weighted by Gasteiger charge is 2.12. The van der Waals surface area contributed by atoms with Crippen LogP contribution in [0.1, 0.15) is 10.4 Å². The van der Waals surface area contributed by atoms with Gasteiger partial charge in [-0.3, -0.25) is 0 Å². The average Bonchev–Trinajstić information content (AvgIpc) is 2.72. The number of rotatable bonds is 3. The van der Waals surface area contributed by atoms with Crippen molar-refractivity contribution in [2.24, 2.45) is 0 Å². The molecule has 96 valence electrons. The van der Waals surface area contributed by atoms with Crippen LogP contribution >= 0.6 is 66.4 Å². The van der Waals surface area contributed by atoms with Gasteiger partial charge in [0.2, 0.25) is 0 Å². The zero-order valence-corrected chi connectivity index (χ0v) is 14.7. The summed E-state index contributed by atoms with van der Waals surface area (Å²) in [6.45, 7) is 2.62. The van der Waals surface area contributed by atoms with Crippen LogP contribution in [-0.2, 0) is 6.54 Å². The third-order valence-corrected chi connectivity index (χ3v) is 5.55. The summed E-state index contributed by atoms with van der Waals surface area (Å²) in [7, 11) is 0. The Bertz CT molecular complexity index is 587. The zero-order valence-electron chi connectivity index (χ0n) is 9.23. The number of benzene rings is 1. The van der Waals surface area contributed by atoms with Crippen LogP contribution in [0.4, 0.5) is 5.69 Å². The lowest BCUT2D eigenvalue weighted by Gasteiger charge is -2.12. The number of halogens is 4. The van der Waals surface area contributed by atoms with E-state index in [9.17, 15) is 0 Å². The summed E-state index contributed by atoms with van der Waals surface area (Å²) < 4.78 is 2.37. The van der Waals surface area contributed by atoms with Crippen LogP contribution in [-0.4, -0.2) is 4.98 Å². The molecule has 2 aromatic rings. The molecule has 0 atom stereocenters. The lowest BCUT2D eigenvalue weighted by Crippen LogP contribution is -2.00. The first-order valence-corrected chi connectivity index (χ1v) is 8.13. The van der Waals surface area contributed by atoms with Crippen LogP contribution in [0.3, 0.4) is 0 Å². The summed E-state index contributed by atoms with van der Waals surface area (Å²) in [4.78, 5) is 5.07. The minimum absolute atomic E-state index is 0.548. The van der Waals surface area contributed by atoms with Crippen molar-refractivity contribution < 1.29 is 0 Å². The second-order valence-corrected chi connectivity index (χ2v) is 7.33. The van der Waals surface area contributed by atoms with E-state index in [1.807, 2.05) is 13.0 Å². The minimum atomic E-state index is 0.548. The topological polar surface area (TPSA) is 24.9 Å². The second kappa shape index (κ2) is 6.09. The van der Waals surface area contributed by atoms with E-state index >= 15 is 0 Å². The molecule has 1 N–H and O–H groups in total. The first-order valence-electron chi connectivity index (χ1n) is 4.97. The number of nitrogens with zero attached hydrogens (tertiary/aromatic N) is 1. The minimum Gasteiger partial charge on any atom is -0.378 e. The molecule has 0 saturated heterocycles. The molecule has 0 spiro atoms. The van der Waals surface area contributed by atoms with Crippen LogP contribution in [0.15, 0.2) is 21.2 Å². The highest BCUT2D eigenvalue weighted by Crippen LogP contribution is 2.39. The molecule has 2 nitrogen and oxygen atoms in total. The fourth-order valence-electron chi connectivity index (χ4n) is 1.42. The molecule has 0 aliphatic carbocycles. The number of aromatic nitrogens is 1. The van der Waals surface area contributed by atoms with E-state index in [-0.39, 0.29) is 0 Å². The van der Waals surface area contributed by atoms with Crippen molar-refractivity contribution in [2.45, 2.75) is 13.5 Å². The van der Waals surface area contributed by atoms with Gasteiger partial charge in [0.05, 0.1) is 21.7 Å². The van der Waals surface area contributed by atoms with Crippen molar-refractivity contribution in [2.75, 3.05) is 5.32 Å². The van der Waals surface area contributed by atoms with E-state index in [0.29, 0.717) is 16.0 Å². The maximum Gasteiger partial charge on any atom is 0.183 e. The Morgan fingerprint density at radius 1 is 1.39 bits per heavy atom. The number of hydrogen-bond donors (Lipinski definition) is 1. The van der Waals surface area contributed by atoms with E-state index in [1.54, 1.807) is 6.20 Å². The van der Waals surface area contributed by atoms with E-state index in [2.05, 4.69) is 42.2 Å². The summed E-state index contributed by atoms with van der Waals surface area (Å²) in [6.07, 6.45) is 1.76. The summed E-state index contributed by atoms with van der Waals surface area (Å²) in [5, 5.41) is 4.02. The molecule has 0 radical (unpaired) electrons. The van der Waals surface area contributed by atoms with Crippen LogP contribution < -0.4 is 5.32 Å². The van der Waals surface area contributed by atoms with Crippen LogP contribution in [0.25, 0.3) is 0 Å². The molecular formula is C11H8Br2Cl2N2S. The second-order valence-electron chi connectivity index (χ2n) is 3.61. The average molecular weight is 431 g/mol. The Kier molecular flexibility index (Phi) is 4.94. The highest BCUT2D eigenvalue weighted by atomic mass is 79.9. The molecule has 2 rings (SSSR count). The third-order valence-electron chi connectivity index (χ3n) is 2.31. The van der Waals surface area contributed by atoms with Crippen molar-refractivity contribution in [3.05, 3.63) is 41.1 Å². The van der Waals surface area contributed by atoms with Crippen molar-refractivity contribution in [1.29, 1.82) is 0 Å². The first-order chi connectivity index (χ1) is 8.49. The molecule has 0 amide bonds. The smallest absolute Gasteiger partial charge is 0.183 e. The van der Waals surface area contributed by atoms with Crippen LogP contribution in [0.5, 0.6) is 0 Å². The van der Waals surface area contributed by atoms with Gasteiger partial charge in [0, 0.05) is 15.5 Å². The van der Waals surface area contributed by atoms with Gasteiger partial charge in [-0.1, -0.05) is 23.2 Å². The predicted octanol–water partition coefficient (Wildman–Crippen LogP) is 5.90. The summed E-state index contributed by atoms with van der Waals surface area (Å²) >= 11 is 20.5. The molecule has 0 fully saturated rings. The Balaban J connectivity index is 2.22. The largest absolute Gasteiger partial charge is 0.378 e. The van der Waals surface area contributed by atoms with Gasteiger partial charge in [0.25, 0.3) is 0 Å². The Hall–Kier alpha value is 0.190. The first kappa shape index (κ1) is 14.6. The van der Waals surface area contributed by atoms with Crippen molar-refractivity contribution in [3.63, 3.8) is 0 Å². The molecule has 1 aromatic carbocycles. The third kappa shape index (κ3) is 3.20. The standard InChI is InChI=1S/C11H8Br2Cl2N2S/c1-5-2-7(12)10(8(13)9(5)14)16-3-6-4-17-11(15)18-6/h2,4,16H,3H2,1H3. The molecule has 0 unspecified atom stereocenters. The van der Waals surface area contributed by atoms with Crippen LogP contribution in [0.2, 0.25) is 9.49 Å². The molecule has 1 heterocycles. The van der Waals surface area contributed by atoms with E-state index < -0.39 is 0 Å². The molecule has 18 heavy (non-hydrogen) atoms. The quantitative estimate of drug-likeness (QED) is 0.613. The monoisotopic (exact) mass is 428 g/mol. The maximum absolute atomic E-state index is 6.20. The fourth-order valence-corrected chi connectivity index (χ4v) is 4.10. The fraction of sp³-hybridized carbons (Fsp3) is 0.182. The maximum atomic E-state index is 6.20. The molecule has 0 aliphatic rings. The highest BCUT2D eigenvalue weighted by molar-refractivity contribution is 9.11. The Morgan fingerprint density at radius 3 is 2.72 bits per heavy atom. The number of thiazole rings is 1. The molecule has 7 heteroatoms. The van der Waals surface area contributed by atoms with Gasteiger partial charge in [-0.05, 0) is 50.4 Å². The van der Waals surface area contributed by atoms with Gasteiger partial charge in [-0.2, -0.15) is 0 Å². The number of nitrogens with one attached hydrogen (secondary N) is 1. The van der Waals surface area contributed by atoms with Gasteiger partial charge in [0.1, 0.15) is 0 Å². The predicted molar refractivity (Wildman–Crippen MR) is 86.0 cm³/mol. The van der Waals surface area contributed by atoms with E-state index in [0.717, 1.165) is 25.1 Å². The molecule has 0 bridgehead atoms. The molecule has 1 aromatic heterocycles. The van der Waals surface area contributed by atoms with Gasteiger partial charge in [-0.15, -0.1) is 11.3 Å². The van der Waals surface area contributed by atoms with E-state index in [1.165, 1.54) is 11.3 Å². The Morgan fingerprint density at radius 2 is 2.11 bits per heavy atom. The SMILES string of the molecule is Cc1cc(Br)c(NCc2cnc(Cl)s2)c(Br)c1Cl. The van der Waals surface area contributed by atoms with Crippen molar-refractivity contribution >= 4 is 72.1 Å². The number of anilines is 1. The van der Waals surface area contributed by atoms with Gasteiger partial charge >= 0.3 is 0 Å². The number of hydrogen-bond acceptors (Lipinski definition) is 3. The lowest BCUT2D eigenvalue weighted by molar-refractivity contribution is 1.16. The van der Waals surface area contributed by atoms with Crippen molar-refractivity contribution in [3.8, 4) is 0 Å². The number of aryl methyl sites for hydroxylation is 1. The lowest BCUT2D eigenvalue weighted by atomic mass is 10.2. The molecular weight excluding hydrogens is 423 g/mol. The molecule has 0 saturated carbocycles. The Labute approximate surface area is 136 Å². The van der Waals surface area contributed by atoms with Gasteiger partial charge < -0.3 is 5.32 Å². The molecule has 0 aliphatic heterocycles. The summed E-state index contributed by atoms with van der Waals surface area (Å²) in [6, 6.07) is 1.98. The zero-order chi connectivity index (χ0) is 13.3. The normalized spacial score (nSPS) is 10.7. The van der Waals surface area contributed by atoms with Crippen molar-refractivity contribution in [1.82, 2.24) is 4.98 Å². The van der Waals surface area contributed by atoms with Crippen LogP contribution in [0, 0.1) is 6.92 Å². The summed E-state index contributed by atoms with van der Waals surface area (Å²) in [5.41, 5.74) is 1.94. The van der Waals surface area contributed by atoms with E-state index in [4.69, 9.17) is 23.2 Å². The van der Waals surface area contributed by atoms with Gasteiger partial charge in [0.15, 0.2) is 4.47 Å².